The first kappa shape index (κ1) is 14.0. The third kappa shape index (κ3) is 4.36. The van der Waals surface area contributed by atoms with Crippen LogP contribution in [0.1, 0.15) is 16.7 Å². The van der Waals surface area contributed by atoms with Gasteiger partial charge in [0.25, 0.3) is 0 Å². The minimum absolute atomic E-state index is 0.0472. The lowest BCUT2D eigenvalue weighted by Crippen LogP contribution is -2.38. The summed E-state index contributed by atoms with van der Waals surface area (Å²) in [6.07, 6.45) is 0. The predicted octanol–water partition coefficient (Wildman–Crippen LogP) is 1.88. The second-order valence-corrected chi connectivity index (χ2v) is 5.04. The number of hydrogen-bond acceptors (Lipinski definition) is 3. The molecular formula is C14H24N2O. The Morgan fingerprint density at radius 3 is 2.29 bits per heavy atom. The molecule has 1 rings (SSSR count). The summed E-state index contributed by atoms with van der Waals surface area (Å²) in [4.78, 5) is 2.07. The zero-order chi connectivity index (χ0) is 13.0. The number of rotatable bonds is 5. The number of likely N-dealkylation sites (N-methyl/N-ethyl adjacent to an activating group) is 1. The van der Waals surface area contributed by atoms with Crippen molar-refractivity contribution in [3.05, 3.63) is 28.8 Å². The summed E-state index contributed by atoms with van der Waals surface area (Å²) in [5.74, 6) is 0.947. The average Bonchev–Trinajstić information content (AvgIpc) is 2.20. The van der Waals surface area contributed by atoms with Crippen LogP contribution in [0.4, 0.5) is 0 Å². The van der Waals surface area contributed by atoms with Crippen LogP contribution in [0.3, 0.4) is 0 Å². The van der Waals surface area contributed by atoms with E-state index in [1.165, 1.54) is 16.7 Å². The van der Waals surface area contributed by atoms with E-state index in [-0.39, 0.29) is 6.04 Å². The molecule has 0 bridgehead atoms. The Morgan fingerprint density at radius 1 is 1.12 bits per heavy atom. The van der Waals surface area contributed by atoms with Crippen molar-refractivity contribution in [2.45, 2.75) is 26.8 Å². The maximum atomic E-state index is 5.97. The summed E-state index contributed by atoms with van der Waals surface area (Å²) in [6.45, 7) is 7.68. The Hall–Kier alpha value is -1.06. The van der Waals surface area contributed by atoms with Crippen molar-refractivity contribution in [2.75, 3.05) is 27.2 Å². The molecule has 0 radical (unpaired) electrons. The zero-order valence-corrected chi connectivity index (χ0v) is 11.6. The summed E-state index contributed by atoms with van der Waals surface area (Å²) in [5.41, 5.74) is 9.70. The summed E-state index contributed by atoms with van der Waals surface area (Å²) >= 11 is 0. The van der Waals surface area contributed by atoms with E-state index in [0.717, 1.165) is 12.3 Å². The van der Waals surface area contributed by atoms with E-state index in [1.54, 1.807) is 0 Å². The van der Waals surface area contributed by atoms with Crippen LogP contribution in [0.25, 0.3) is 0 Å². The maximum absolute atomic E-state index is 5.97. The van der Waals surface area contributed by atoms with Gasteiger partial charge in [0, 0.05) is 6.54 Å². The van der Waals surface area contributed by atoms with Gasteiger partial charge in [-0.15, -0.1) is 0 Å². The highest BCUT2D eigenvalue weighted by Crippen LogP contribution is 2.22. The van der Waals surface area contributed by atoms with Gasteiger partial charge < -0.3 is 15.4 Å². The van der Waals surface area contributed by atoms with Crippen molar-refractivity contribution in [2.24, 2.45) is 5.73 Å². The third-order valence-corrected chi connectivity index (χ3v) is 2.84. The molecule has 0 spiro atoms. The van der Waals surface area contributed by atoms with Crippen molar-refractivity contribution in [3.8, 4) is 5.75 Å². The topological polar surface area (TPSA) is 38.5 Å². The van der Waals surface area contributed by atoms with Gasteiger partial charge in [0.05, 0.1) is 6.04 Å². The van der Waals surface area contributed by atoms with E-state index < -0.39 is 0 Å². The molecule has 3 heteroatoms. The first-order valence-electron chi connectivity index (χ1n) is 6.01. The minimum Gasteiger partial charge on any atom is -0.492 e. The number of nitrogens with two attached hydrogens (primary N) is 1. The number of benzene rings is 1. The predicted molar refractivity (Wildman–Crippen MR) is 72.7 cm³/mol. The molecule has 0 aliphatic rings. The summed E-state index contributed by atoms with van der Waals surface area (Å²) in [6, 6.07) is 4.29. The van der Waals surface area contributed by atoms with Crippen molar-refractivity contribution < 1.29 is 4.74 Å². The first-order valence-corrected chi connectivity index (χ1v) is 6.01. The lowest BCUT2D eigenvalue weighted by Gasteiger charge is -2.18. The van der Waals surface area contributed by atoms with Gasteiger partial charge in [0.2, 0.25) is 0 Å². The molecule has 0 heterocycles. The summed E-state index contributed by atoms with van der Waals surface area (Å²) in [5, 5.41) is 0. The molecule has 1 unspecified atom stereocenters. The van der Waals surface area contributed by atoms with Crippen LogP contribution in [0.15, 0.2) is 12.1 Å². The van der Waals surface area contributed by atoms with Crippen LogP contribution in [0, 0.1) is 20.8 Å². The monoisotopic (exact) mass is 236 g/mol. The van der Waals surface area contributed by atoms with E-state index in [0.29, 0.717) is 6.61 Å². The fourth-order valence-corrected chi connectivity index (χ4v) is 1.81. The number of nitrogens with zero attached hydrogens (tertiary/aromatic N) is 1. The molecule has 2 N–H and O–H groups in total. The van der Waals surface area contributed by atoms with E-state index in [9.17, 15) is 0 Å². The molecule has 1 aromatic rings. The van der Waals surface area contributed by atoms with E-state index in [2.05, 4.69) is 37.8 Å². The standard InChI is InChI=1S/C14H24N2O/c1-10-6-12(3)14(7-11(10)2)17-9-13(15)8-16(4)5/h6-7,13H,8-9,15H2,1-5H3. The van der Waals surface area contributed by atoms with Crippen LogP contribution in [0.2, 0.25) is 0 Å². The maximum Gasteiger partial charge on any atom is 0.122 e. The van der Waals surface area contributed by atoms with Crippen LogP contribution < -0.4 is 10.5 Å². The van der Waals surface area contributed by atoms with Gasteiger partial charge in [0.1, 0.15) is 12.4 Å². The SMILES string of the molecule is Cc1cc(C)c(OCC(N)CN(C)C)cc1C. The lowest BCUT2D eigenvalue weighted by atomic mass is 10.1. The molecular weight excluding hydrogens is 212 g/mol. The van der Waals surface area contributed by atoms with Gasteiger partial charge in [-0.05, 0) is 57.6 Å². The summed E-state index contributed by atoms with van der Waals surface area (Å²) < 4.78 is 5.78. The Bertz CT molecular complexity index is 375. The highest BCUT2D eigenvalue weighted by Gasteiger charge is 2.07. The Labute approximate surface area is 105 Å². The Morgan fingerprint density at radius 2 is 1.71 bits per heavy atom. The largest absolute Gasteiger partial charge is 0.492 e. The van der Waals surface area contributed by atoms with Crippen LogP contribution in [-0.2, 0) is 0 Å². The first-order chi connectivity index (χ1) is 7.90. The molecule has 0 aromatic heterocycles. The van der Waals surface area contributed by atoms with E-state index in [1.807, 2.05) is 14.1 Å². The smallest absolute Gasteiger partial charge is 0.122 e. The van der Waals surface area contributed by atoms with Crippen molar-refractivity contribution in [3.63, 3.8) is 0 Å². The molecule has 0 aliphatic carbocycles. The fraction of sp³-hybridized carbons (Fsp3) is 0.571. The highest BCUT2D eigenvalue weighted by atomic mass is 16.5. The normalized spacial score (nSPS) is 12.9. The molecule has 0 amide bonds. The number of ether oxygens (including phenoxy) is 1. The quantitative estimate of drug-likeness (QED) is 0.848. The van der Waals surface area contributed by atoms with Gasteiger partial charge in [0.15, 0.2) is 0 Å². The van der Waals surface area contributed by atoms with Gasteiger partial charge >= 0.3 is 0 Å². The molecule has 0 saturated heterocycles. The van der Waals surface area contributed by atoms with Crippen molar-refractivity contribution in [1.29, 1.82) is 0 Å². The van der Waals surface area contributed by atoms with Crippen molar-refractivity contribution >= 4 is 0 Å². The molecule has 3 nitrogen and oxygen atoms in total. The van der Waals surface area contributed by atoms with Gasteiger partial charge in [-0.1, -0.05) is 6.07 Å². The second-order valence-electron chi connectivity index (χ2n) is 5.04. The van der Waals surface area contributed by atoms with Crippen LogP contribution in [0.5, 0.6) is 5.75 Å². The number of aryl methyl sites for hydroxylation is 3. The molecule has 17 heavy (non-hydrogen) atoms. The molecule has 96 valence electrons. The zero-order valence-electron chi connectivity index (χ0n) is 11.6. The molecule has 0 aliphatic heterocycles. The number of hydrogen-bond donors (Lipinski definition) is 1. The van der Waals surface area contributed by atoms with Crippen LogP contribution in [-0.4, -0.2) is 38.2 Å². The Balaban J connectivity index is 2.60. The fourth-order valence-electron chi connectivity index (χ4n) is 1.81. The molecule has 1 aromatic carbocycles. The van der Waals surface area contributed by atoms with E-state index in [4.69, 9.17) is 10.5 Å². The van der Waals surface area contributed by atoms with Gasteiger partial charge in [-0.25, -0.2) is 0 Å². The highest BCUT2D eigenvalue weighted by molar-refractivity contribution is 5.40. The van der Waals surface area contributed by atoms with Crippen molar-refractivity contribution in [1.82, 2.24) is 4.90 Å². The second kappa shape index (κ2) is 6.03. The van der Waals surface area contributed by atoms with Gasteiger partial charge in [-0.2, -0.15) is 0 Å². The minimum atomic E-state index is 0.0472. The van der Waals surface area contributed by atoms with Crippen LogP contribution >= 0.6 is 0 Å². The lowest BCUT2D eigenvalue weighted by molar-refractivity contribution is 0.253. The summed E-state index contributed by atoms with van der Waals surface area (Å²) in [7, 11) is 4.03. The average molecular weight is 236 g/mol. The van der Waals surface area contributed by atoms with E-state index >= 15 is 0 Å². The van der Waals surface area contributed by atoms with Gasteiger partial charge in [-0.3, -0.25) is 0 Å². The third-order valence-electron chi connectivity index (χ3n) is 2.84. The molecule has 0 saturated carbocycles. The molecule has 1 atom stereocenters. The molecule has 0 fully saturated rings. The Kier molecular flexibility index (Phi) is 4.97.